The van der Waals surface area contributed by atoms with E-state index >= 15 is 0 Å². The monoisotopic (exact) mass is 740 g/mol. The van der Waals surface area contributed by atoms with E-state index < -0.39 is 32.5 Å². The summed E-state index contributed by atoms with van der Waals surface area (Å²) >= 11 is 0. The van der Waals surface area contributed by atoms with Gasteiger partial charge in [0.25, 0.3) is 7.82 Å². The highest BCUT2D eigenvalue weighted by molar-refractivity contribution is 7.45. The molecule has 0 heterocycles. The lowest BCUT2D eigenvalue weighted by Crippen LogP contribution is -2.37. The number of esters is 2. The van der Waals surface area contributed by atoms with Crippen LogP contribution in [0.2, 0.25) is 0 Å². The fraction of sp³-hybridized carbons (Fsp3) is 0.756. The summed E-state index contributed by atoms with van der Waals surface area (Å²) in [5.74, 6) is -0.886. The molecule has 51 heavy (non-hydrogen) atoms. The van der Waals surface area contributed by atoms with E-state index in [9.17, 15) is 19.0 Å². The Kier molecular flexibility index (Phi) is 32.4. The maximum atomic E-state index is 12.6. The zero-order chi connectivity index (χ0) is 37.9. The summed E-state index contributed by atoms with van der Waals surface area (Å²) in [7, 11) is 1.14. The third-order valence-electron chi connectivity index (χ3n) is 8.11. The van der Waals surface area contributed by atoms with Gasteiger partial charge in [0.15, 0.2) is 6.10 Å². The molecule has 1 unspecified atom stereocenters. The average molecular weight is 740 g/mol. The van der Waals surface area contributed by atoms with Crippen molar-refractivity contribution in [3.05, 3.63) is 48.6 Å². The van der Waals surface area contributed by atoms with Gasteiger partial charge in [-0.15, -0.1) is 0 Å². The van der Waals surface area contributed by atoms with Crippen molar-refractivity contribution >= 4 is 19.8 Å². The molecule has 0 aliphatic carbocycles. The number of quaternary nitrogens is 1. The summed E-state index contributed by atoms with van der Waals surface area (Å²) in [6, 6.07) is 0. The molecular formula is C41H74NO8P. The van der Waals surface area contributed by atoms with Crippen molar-refractivity contribution < 1.29 is 42.1 Å². The number of allylic oxidation sites excluding steroid dienone is 8. The SMILES string of the molecule is CC/C=C/C/C=C/C/C=C/C/C=C/CCCCC(=O)OC[C@H](COP(=O)([O-])OCC[N+](C)(C)C)OC(=O)CCCCCCCCCCCCCC. The Bertz CT molecular complexity index is 1020. The Morgan fingerprint density at radius 3 is 1.67 bits per heavy atom. The third-order valence-corrected chi connectivity index (χ3v) is 9.08. The summed E-state index contributed by atoms with van der Waals surface area (Å²) in [5.41, 5.74) is 0. The second-order valence-corrected chi connectivity index (χ2v) is 15.7. The predicted octanol–water partition coefficient (Wildman–Crippen LogP) is 10.1. The zero-order valence-electron chi connectivity index (χ0n) is 33.0. The van der Waals surface area contributed by atoms with Crippen LogP contribution in [0.4, 0.5) is 0 Å². The number of ether oxygens (including phenoxy) is 2. The molecule has 296 valence electrons. The van der Waals surface area contributed by atoms with Crippen molar-refractivity contribution in [3.8, 4) is 0 Å². The van der Waals surface area contributed by atoms with Gasteiger partial charge in [0, 0.05) is 12.8 Å². The lowest BCUT2D eigenvalue weighted by molar-refractivity contribution is -0.870. The Hall–Kier alpha value is -2.03. The molecular weight excluding hydrogens is 665 g/mol. The quantitative estimate of drug-likeness (QED) is 0.0208. The fourth-order valence-electron chi connectivity index (χ4n) is 5.00. The van der Waals surface area contributed by atoms with Gasteiger partial charge in [-0.25, -0.2) is 0 Å². The van der Waals surface area contributed by atoms with Gasteiger partial charge in [0.2, 0.25) is 0 Å². The van der Waals surface area contributed by atoms with Gasteiger partial charge in [-0.1, -0.05) is 133 Å². The minimum atomic E-state index is -4.63. The van der Waals surface area contributed by atoms with Gasteiger partial charge >= 0.3 is 11.9 Å². The second kappa shape index (κ2) is 33.8. The number of unbranched alkanes of at least 4 members (excludes halogenated alkanes) is 13. The fourth-order valence-corrected chi connectivity index (χ4v) is 5.73. The molecule has 0 radical (unpaired) electrons. The van der Waals surface area contributed by atoms with Gasteiger partial charge in [-0.2, -0.15) is 0 Å². The lowest BCUT2D eigenvalue weighted by Gasteiger charge is -2.28. The first kappa shape index (κ1) is 49.0. The van der Waals surface area contributed by atoms with E-state index in [-0.39, 0.29) is 26.1 Å². The minimum absolute atomic E-state index is 0.0381. The molecule has 0 fully saturated rings. The van der Waals surface area contributed by atoms with Gasteiger partial charge in [0.05, 0.1) is 27.7 Å². The van der Waals surface area contributed by atoms with Crippen LogP contribution in [0.3, 0.4) is 0 Å². The van der Waals surface area contributed by atoms with Crippen LogP contribution in [-0.4, -0.2) is 70.0 Å². The Morgan fingerprint density at radius 2 is 1.12 bits per heavy atom. The summed E-state index contributed by atoms with van der Waals surface area (Å²) in [6.45, 7) is 4.04. The number of nitrogens with zero attached hydrogens (tertiary/aromatic N) is 1. The smallest absolute Gasteiger partial charge is 0.306 e. The van der Waals surface area contributed by atoms with Crippen molar-refractivity contribution in [2.75, 3.05) is 47.5 Å². The molecule has 0 aliphatic rings. The first-order valence-corrected chi connectivity index (χ1v) is 21.3. The summed E-state index contributed by atoms with van der Waals surface area (Å²) in [5, 5.41) is 0. The van der Waals surface area contributed by atoms with Crippen LogP contribution in [0.1, 0.15) is 149 Å². The molecule has 0 aromatic carbocycles. The first-order chi connectivity index (χ1) is 24.5. The largest absolute Gasteiger partial charge is 0.756 e. The zero-order valence-corrected chi connectivity index (χ0v) is 33.9. The van der Waals surface area contributed by atoms with E-state index in [2.05, 4.69) is 62.5 Å². The number of hydrogen-bond acceptors (Lipinski definition) is 8. The molecule has 9 nitrogen and oxygen atoms in total. The summed E-state index contributed by atoms with van der Waals surface area (Å²) < 4.78 is 33.7. The number of carbonyl (C=O) groups excluding carboxylic acids is 2. The first-order valence-electron chi connectivity index (χ1n) is 19.8. The lowest BCUT2D eigenvalue weighted by atomic mass is 10.0. The van der Waals surface area contributed by atoms with Gasteiger partial charge in [0.1, 0.15) is 19.8 Å². The highest BCUT2D eigenvalue weighted by Crippen LogP contribution is 2.38. The van der Waals surface area contributed by atoms with Crippen molar-refractivity contribution in [3.63, 3.8) is 0 Å². The molecule has 0 saturated heterocycles. The number of phosphoric ester groups is 1. The maximum Gasteiger partial charge on any atom is 0.306 e. The number of carbonyl (C=O) groups is 2. The average Bonchev–Trinajstić information content (AvgIpc) is 3.07. The van der Waals surface area contributed by atoms with E-state index in [4.69, 9.17) is 18.5 Å². The molecule has 0 rings (SSSR count). The van der Waals surface area contributed by atoms with Crippen LogP contribution in [-0.2, 0) is 32.7 Å². The predicted molar refractivity (Wildman–Crippen MR) is 208 cm³/mol. The molecule has 2 atom stereocenters. The molecule has 10 heteroatoms. The van der Waals surface area contributed by atoms with Crippen LogP contribution in [0.5, 0.6) is 0 Å². The van der Waals surface area contributed by atoms with E-state index in [1.807, 2.05) is 21.1 Å². The van der Waals surface area contributed by atoms with Crippen molar-refractivity contribution in [1.82, 2.24) is 0 Å². The molecule has 0 spiro atoms. The van der Waals surface area contributed by atoms with Crippen LogP contribution in [0.15, 0.2) is 48.6 Å². The molecule has 0 aromatic rings. The number of hydrogen-bond donors (Lipinski definition) is 0. The van der Waals surface area contributed by atoms with Crippen LogP contribution in [0, 0.1) is 0 Å². The molecule has 0 bridgehead atoms. The van der Waals surface area contributed by atoms with Gasteiger partial charge in [-0.3, -0.25) is 14.2 Å². The highest BCUT2D eigenvalue weighted by atomic mass is 31.2. The number of phosphoric acid groups is 1. The Balaban J connectivity index is 4.49. The minimum Gasteiger partial charge on any atom is -0.756 e. The van der Waals surface area contributed by atoms with E-state index in [1.54, 1.807) is 0 Å². The topological polar surface area (TPSA) is 111 Å². The van der Waals surface area contributed by atoms with E-state index in [0.717, 1.165) is 57.8 Å². The summed E-state index contributed by atoms with van der Waals surface area (Å²) in [6.07, 6.45) is 37.1. The molecule has 0 amide bonds. The van der Waals surface area contributed by atoms with Crippen LogP contribution < -0.4 is 4.89 Å². The Labute approximate surface area is 312 Å². The molecule has 0 aliphatic heterocycles. The Morgan fingerprint density at radius 1 is 0.627 bits per heavy atom. The second-order valence-electron chi connectivity index (χ2n) is 14.3. The van der Waals surface area contributed by atoms with Crippen LogP contribution >= 0.6 is 7.82 Å². The molecule has 0 aromatic heterocycles. The third kappa shape index (κ3) is 37.5. The van der Waals surface area contributed by atoms with Crippen molar-refractivity contribution in [2.45, 2.75) is 155 Å². The number of rotatable bonds is 35. The van der Waals surface area contributed by atoms with Crippen LogP contribution in [0.25, 0.3) is 0 Å². The van der Waals surface area contributed by atoms with Crippen molar-refractivity contribution in [1.29, 1.82) is 0 Å². The van der Waals surface area contributed by atoms with Crippen molar-refractivity contribution in [2.24, 2.45) is 0 Å². The van der Waals surface area contributed by atoms with Gasteiger partial charge < -0.3 is 27.9 Å². The summed E-state index contributed by atoms with van der Waals surface area (Å²) in [4.78, 5) is 37.3. The standard InChI is InChI=1S/C41H74NO8P/c1-6-8-10-12-14-16-18-20-21-22-24-25-27-29-31-33-40(43)47-37-39(38-49-51(45,46)48-36-35-42(3,4)5)50-41(44)34-32-30-28-26-23-19-17-15-13-11-9-7-2/h8,10,14,16,20-21,24-25,39H,6-7,9,11-13,15,17-19,22-23,26-38H2,1-5H3/b10-8+,16-14+,21-20+,25-24+/t39-/m1/s1. The van der Waals surface area contributed by atoms with E-state index in [1.165, 1.54) is 51.4 Å². The van der Waals surface area contributed by atoms with Gasteiger partial charge in [-0.05, 0) is 51.4 Å². The molecule has 0 N–H and O–H groups in total. The normalized spacial score (nSPS) is 14.2. The number of likely N-dealkylation sites (N-methyl/N-ethyl adjacent to an activating group) is 1. The maximum absolute atomic E-state index is 12.6. The highest BCUT2D eigenvalue weighted by Gasteiger charge is 2.21. The molecule has 0 saturated carbocycles. The van der Waals surface area contributed by atoms with E-state index in [0.29, 0.717) is 23.9 Å².